The van der Waals surface area contributed by atoms with Crippen molar-refractivity contribution in [3.63, 3.8) is 0 Å². The third-order valence-corrected chi connectivity index (χ3v) is 4.85. The van der Waals surface area contributed by atoms with Crippen molar-refractivity contribution in [2.24, 2.45) is 0 Å². The Bertz CT molecular complexity index is 1270. The maximum atomic E-state index is 12.8. The minimum Gasteiger partial charge on any atom is -0.264 e. The summed E-state index contributed by atoms with van der Waals surface area (Å²) in [5.74, 6) is 7.10. The summed E-state index contributed by atoms with van der Waals surface area (Å²) in [6.07, 6.45) is 1.55. The van der Waals surface area contributed by atoms with Crippen molar-refractivity contribution in [3.05, 3.63) is 70.4 Å². The van der Waals surface area contributed by atoms with Crippen LogP contribution in [0.15, 0.2) is 53.3 Å². The number of hydrogen-bond acceptors (Lipinski definition) is 5. The lowest BCUT2D eigenvalue weighted by atomic mass is 9.98. The Morgan fingerprint density at radius 3 is 2.48 bits per heavy atom. The molecule has 4 aromatic rings. The summed E-state index contributed by atoms with van der Waals surface area (Å²) in [7, 11) is 0. The van der Waals surface area contributed by atoms with Gasteiger partial charge < -0.3 is 0 Å². The molecule has 0 bridgehead atoms. The Morgan fingerprint density at radius 1 is 1.03 bits per heavy atom. The number of aryl methyl sites for hydroxylation is 1. The van der Waals surface area contributed by atoms with E-state index in [1.807, 2.05) is 62.4 Å². The summed E-state index contributed by atoms with van der Waals surface area (Å²) in [5.41, 5.74) is 3.81. The van der Waals surface area contributed by atoms with Crippen molar-refractivity contribution in [2.45, 2.75) is 39.8 Å². The van der Waals surface area contributed by atoms with Gasteiger partial charge in [-0.15, -0.1) is 15.3 Å². The third kappa shape index (κ3) is 4.31. The van der Waals surface area contributed by atoms with Crippen molar-refractivity contribution in [3.8, 4) is 34.4 Å². The summed E-state index contributed by atoms with van der Waals surface area (Å²) in [4.78, 5) is 12.8. The monoisotopic (exact) mass is 413 g/mol. The van der Waals surface area contributed by atoms with E-state index in [0.29, 0.717) is 31.2 Å². The predicted molar refractivity (Wildman–Crippen MR) is 118 cm³/mol. The van der Waals surface area contributed by atoms with Crippen molar-refractivity contribution in [2.75, 3.05) is 0 Å². The van der Waals surface area contributed by atoms with Gasteiger partial charge >= 0.3 is 5.69 Å². The van der Waals surface area contributed by atoms with Crippen molar-refractivity contribution in [1.82, 2.24) is 35.0 Å². The van der Waals surface area contributed by atoms with Gasteiger partial charge in [-0.25, -0.2) is 9.48 Å². The first kappa shape index (κ1) is 20.3. The van der Waals surface area contributed by atoms with E-state index >= 15 is 0 Å². The molecule has 1 N–H and O–H groups in total. The van der Waals surface area contributed by atoms with Gasteiger partial charge in [-0.05, 0) is 34.2 Å². The summed E-state index contributed by atoms with van der Waals surface area (Å²) in [6, 6.07) is 16.0. The van der Waals surface area contributed by atoms with E-state index in [2.05, 4.69) is 37.6 Å². The molecule has 8 heteroatoms. The Labute approximate surface area is 179 Å². The highest BCUT2D eigenvalue weighted by Gasteiger charge is 2.13. The Hall–Kier alpha value is -3.99. The topological polar surface area (TPSA) is 94.3 Å². The summed E-state index contributed by atoms with van der Waals surface area (Å²) < 4.78 is 3.13. The van der Waals surface area contributed by atoms with Crippen LogP contribution in [-0.2, 0) is 13.1 Å². The van der Waals surface area contributed by atoms with Crippen LogP contribution in [0.1, 0.15) is 38.1 Å². The maximum absolute atomic E-state index is 12.8. The highest BCUT2D eigenvalue weighted by molar-refractivity contribution is 5.80. The molecule has 0 unspecified atom stereocenters. The Morgan fingerprint density at radius 2 is 1.81 bits per heavy atom. The first-order chi connectivity index (χ1) is 15.2. The number of nitrogens with zero attached hydrogens (tertiary/aromatic N) is 6. The fourth-order valence-electron chi connectivity index (χ4n) is 3.38. The first-order valence-electron chi connectivity index (χ1n) is 10.3. The second-order valence-electron chi connectivity index (χ2n) is 7.05. The fraction of sp³-hybridized carbons (Fsp3) is 0.261. The van der Waals surface area contributed by atoms with Crippen LogP contribution in [0.3, 0.4) is 0 Å². The van der Waals surface area contributed by atoms with Crippen molar-refractivity contribution < 1.29 is 0 Å². The number of hydrogen-bond donors (Lipinski definition) is 1. The molecule has 0 fully saturated rings. The van der Waals surface area contributed by atoms with E-state index in [1.54, 1.807) is 4.57 Å². The molecule has 4 rings (SSSR count). The van der Waals surface area contributed by atoms with Gasteiger partial charge in [-0.2, -0.15) is 5.21 Å². The number of nitrogens with one attached hydrogen (secondary N) is 1. The van der Waals surface area contributed by atoms with Gasteiger partial charge in [0.2, 0.25) is 11.6 Å². The van der Waals surface area contributed by atoms with Crippen LogP contribution in [0.25, 0.3) is 22.5 Å². The Balaban J connectivity index is 1.65. The lowest BCUT2D eigenvalue weighted by Gasteiger charge is -2.08. The molecule has 0 saturated heterocycles. The van der Waals surface area contributed by atoms with Gasteiger partial charge in [0.15, 0.2) is 0 Å². The molecular weight excluding hydrogens is 390 g/mol. The lowest BCUT2D eigenvalue weighted by Crippen LogP contribution is -2.25. The second-order valence-corrected chi connectivity index (χ2v) is 7.05. The number of rotatable bonds is 6. The molecule has 0 aliphatic carbocycles. The van der Waals surface area contributed by atoms with E-state index < -0.39 is 0 Å². The number of tetrazole rings is 1. The third-order valence-electron chi connectivity index (χ3n) is 4.85. The van der Waals surface area contributed by atoms with Gasteiger partial charge in [0.1, 0.15) is 0 Å². The number of aromatic amines is 1. The molecule has 0 amide bonds. The minimum atomic E-state index is -0.131. The number of H-pyrrole nitrogens is 1. The SMILES string of the molecule is CCC#Cc1nn(CCC)c(=O)n1Cc1ccc(-c2ccccc2-c2nn[nH]n2)cc1. The largest absolute Gasteiger partial charge is 0.347 e. The van der Waals surface area contributed by atoms with E-state index in [4.69, 9.17) is 0 Å². The molecule has 8 nitrogen and oxygen atoms in total. The van der Waals surface area contributed by atoms with Crippen LogP contribution in [0.5, 0.6) is 0 Å². The molecule has 0 spiro atoms. The maximum Gasteiger partial charge on any atom is 0.347 e. The van der Waals surface area contributed by atoms with Crippen LogP contribution in [0, 0.1) is 11.8 Å². The summed E-state index contributed by atoms with van der Waals surface area (Å²) in [6.45, 7) is 5.00. The van der Waals surface area contributed by atoms with Crippen molar-refractivity contribution in [1.29, 1.82) is 0 Å². The molecule has 2 aromatic carbocycles. The molecule has 0 radical (unpaired) electrons. The number of aromatic nitrogens is 7. The highest BCUT2D eigenvalue weighted by atomic mass is 16.2. The molecule has 0 atom stereocenters. The fourth-order valence-corrected chi connectivity index (χ4v) is 3.38. The highest BCUT2D eigenvalue weighted by Crippen LogP contribution is 2.29. The zero-order valence-corrected chi connectivity index (χ0v) is 17.5. The van der Waals surface area contributed by atoms with Crippen molar-refractivity contribution >= 4 is 0 Å². The van der Waals surface area contributed by atoms with E-state index in [1.165, 1.54) is 4.68 Å². The van der Waals surface area contributed by atoms with Gasteiger partial charge in [-0.1, -0.05) is 68.3 Å². The number of benzene rings is 2. The van der Waals surface area contributed by atoms with E-state index in [-0.39, 0.29) is 5.69 Å². The van der Waals surface area contributed by atoms with Gasteiger partial charge in [0, 0.05) is 18.5 Å². The second kappa shape index (κ2) is 9.22. The predicted octanol–water partition coefficient (Wildman–Crippen LogP) is 3.11. The first-order valence-corrected chi connectivity index (χ1v) is 10.3. The molecule has 0 aliphatic rings. The van der Waals surface area contributed by atoms with Crippen LogP contribution in [0.4, 0.5) is 0 Å². The zero-order valence-electron chi connectivity index (χ0n) is 17.5. The average Bonchev–Trinajstić information content (AvgIpc) is 3.43. The lowest BCUT2D eigenvalue weighted by molar-refractivity contribution is 0.570. The standard InChI is InChI=1S/C23H23N7O/c1-3-5-10-21-26-30(15-4-2)23(31)29(21)16-17-11-13-18(14-12-17)19-8-6-7-9-20(19)22-24-27-28-25-22/h6-9,11-14H,3-4,15-16H2,1-2H3,(H,24,25,27,28). The summed E-state index contributed by atoms with van der Waals surface area (Å²) >= 11 is 0. The molecule has 156 valence electrons. The Kier molecular flexibility index (Phi) is 6.03. The van der Waals surface area contributed by atoms with Crippen LogP contribution < -0.4 is 5.69 Å². The minimum absolute atomic E-state index is 0.131. The van der Waals surface area contributed by atoms with Crippen LogP contribution in [-0.4, -0.2) is 35.0 Å². The van der Waals surface area contributed by atoms with E-state index in [0.717, 1.165) is 28.7 Å². The average molecular weight is 413 g/mol. The quantitative estimate of drug-likeness (QED) is 0.490. The zero-order chi connectivity index (χ0) is 21.6. The molecule has 2 aromatic heterocycles. The molecular formula is C23H23N7O. The molecule has 2 heterocycles. The van der Waals surface area contributed by atoms with Crippen LogP contribution >= 0.6 is 0 Å². The normalized spacial score (nSPS) is 10.6. The molecule has 0 saturated carbocycles. The van der Waals surface area contributed by atoms with Gasteiger partial charge in [-0.3, -0.25) is 4.57 Å². The summed E-state index contributed by atoms with van der Waals surface area (Å²) in [5, 5.41) is 18.8. The molecule has 31 heavy (non-hydrogen) atoms. The van der Waals surface area contributed by atoms with Gasteiger partial charge in [0.05, 0.1) is 6.54 Å². The van der Waals surface area contributed by atoms with E-state index in [9.17, 15) is 4.79 Å². The van der Waals surface area contributed by atoms with Crippen LogP contribution in [0.2, 0.25) is 0 Å². The van der Waals surface area contributed by atoms with Gasteiger partial charge in [0.25, 0.3) is 0 Å². The molecule has 0 aliphatic heterocycles. The smallest absolute Gasteiger partial charge is 0.264 e.